The monoisotopic (exact) mass is 598 g/mol. The van der Waals surface area contributed by atoms with Crippen molar-refractivity contribution in [1.29, 1.82) is 0 Å². The highest BCUT2D eigenvalue weighted by molar-refractivity contribution is 9.10. The van der Waals surface area contributed by atoms with Crippen molar-refractivity contribution < 1.29 is 4.79 Å². The molecule has 198 valence electrons. The molecule has 5 aromatic rings. The molecule has 3 nitrogen and oxygen atoms in total. The zero-order valence-corrected chi connectivity index (χ0v) is 24.7. The van der Waals surface area contributed by atoms with Gasteiger partial charge in [-0.15, -0.1) is 0 Å². The van der Waals surface area contributed by atoms with Gasteiger partial charge in [-0.1, -0.05) is 102 Å². The van der Waals surface area contributed by atoms with E-state index in [0.29, 0.717) is 23.8 Å². The summed E-state index contributed by atoms with van der Waals surface area (Å²) in [7, 11) is 0. The molecule has 1 heterocycles. The Morgan fingerprint density at radius 1 is 0.923 bits per heavy atom. The van der Waals surface area contributed by atoms with Gasteiger partial charge in [-0.3, -0.25) is 4.79 Å². The van der Waals surface area contributed by atoms with Gasteiger partial charge >= 0.3 is 0 Å². The van der Waals surface area contributed by atoms with E-state index in [9.17, 15) is 4.79 Å². The van der Waals surface area contributed by atoms with Gasteiger partial charge in [0.05, 0.1) is 6.04 Å². The molecular formula is C34H32BrClN2O. The first-order chi connectivity index (χ1) is 18.8. The van der Waals surface area contributed by atoms with Gasteiger partial charge in [0.15, 0.2) is 0 Å². The van der Waals surface area contributed by atoms with Crippen molar-refractivity contribution in [3.05, 3.63) is 128 Å². The minimum absolute atomic E-state index is 0.0114. The molecule has 1 unspecified atom stereocenters. The highest BCUT2D eigenvalue weighted by atomic mass is 79.9. The number of rotatable bonds is 8. The molecular weight excluding hydrogens is 568 g/mol. The van der Waals surface area contributed by atoms with Crippen LogP contribution in [-0.4, -0.2) is 10.9 Å². The van der Waals surface area contributed by atoms with E-state index in [0.717, 1.165) is 37.9 Å². The van der Waals surface area contributed by atoms with Gasteiger partial charge in [-0.05, 0) is 83.5 Å². The predicted octanol–water partition coefficient (Wildman–Crippen LogP) is 9.52. The molecule has 5 heteroatoms. The van der Waals surface area contributed by atoms with Crippen LogP contribution in [0, 0.1) is 6.92 Å². The number of carbonyl (C=O) groups excluding carboxylic acids is 1. The smallest absolute Gasteiger partial charge is 0.221 e. The first kappa shape index (κ1) is 27.2. The third-order valence-corrected chi connectivity index (χ3v) is 8.01. The summed E-state index contributed by atoms with van der Waals surface area (Å²) in [4.78, 5) is 17.2. The van der Waals surface area contributed by atoms with E-state index in [-0.39, 0.29) is 11.9 Å². The van der Waals surface area contributed by atoms with Crippen molar-refractivity contribution in [2.24, 2.45) is 0 Å². The molecule has 39 heavy (non-hydrogen) atoms. The van der Waals surface area contributed by atoms with Gasteiger partial charge < -0.3 is 10.3 Å². The maximum absolute atomic E-state index is 13.6. The Labute approximate surface area is 243 Å². The van der Waals surface area contributed by atoms with Gasteiger partial charge in [0.1, 0.15) is 0 Å². The van der Waals surface area contributed by atoms with Crippen molar-refractivity contribution in [1.82, 2.24) is 10.3 Å². The molecule has 0 fully saturated rings. The number of aryl methyl sites for hydroxylation is 2. The van der Waals surface area contributed by atoms with E-state index in [4.69, 9.17) is 11.6 Å². The number of carbonyl (C=O) groups is 1. The van der Waals surface area contributed by atoms with Gasteiger partial charge in [-0.25, -0.2) is 0 Å². The first-order valence-corrected chi connectivity index (χ1v) is 14.5. The highest BCUT2D eigenvalue weighted by Gasteiger charge is 2.22. The highest BCUT2D eigenvalue weighted by Crippen LogP contribution is 2.34. The molecule has 4 aromatic carbocycles. The minimum Gasteiger partial charge on any atom is -0.354 e. The van der Waals surface area contributed by atoms with E-state index in [1.54, 1.807) is 0 Å². The quantitative estimate of drug-likeness (QED) is 0.183. The fourth-order valence-corrected chi connectivity index (χ4v) is 5.64. The Hall–Kier alpha value is -3.34. The fourth-order valence-electron chi connectivity index (χ4n) is 5.25. The van der Waals surface area contributed by atoms with Crippen molar-refractivity contribution in [2.45, 2.75) is 45.6 Å². The Morgan fingerprint density at radius 2 is 1.62 bits per heavy atom. The van der Waals surface area contributed by atoms with Crippen LogP contribution in [0.3, 0.4) is 0 Å². The maximum atomic E-state index is 13.6. The number of benzene rings is 4. The first-order valence-electron chi connectivity index (χ1n) is 13.3. The van der Waals surface area contributed by atoms with Crippen LogP contribution in [0.2, 0.25) is 5.02 Å². The van der Waals surface area contributed by atoms with Crippen molar-refractivity contribution in [2.75, 3.05) is 0 Å². The summed E-state index contributed by atoms with van der Waals surface area (Å²) in [5, 5.41) is 5.20. The Bertz CT molecular complexity index is 1600. The summed E-state index contributed by atoms with van der Waals surface area (Å²) < 4.78 is 1.04. The third-order valence-electron chi connectivity index (χ3n) is 7.23. The number of aromatic amines is 1. The second-order valence-electron chi connectivity index (χ2n) is 10.4. The van der Waals surface area contributed by atoms with Gasteiger partial charge in [0.2, 0.25) is 5.91 Å². The molecule has 0 bridgehead atoms. The number of fused-ring (bicyclic) bond motifs is 1. The molecule has 0 spiro atoms. The zero-order chi connectivity index (χ0) is 27.5. The second-order valence-corrected chi connectivity index (χ2v) is 11.7. The van der Waals surface area contributed by atoms with Crippen LogP contribution in [0.5, 0.6) is 0 Å². The van der Waals surface area contributed by atoms with Crippen LogP contribution < -0.4 is 5.32 Å². The standard InChI is InChI=1S/C34H32BrClN2O/c1-21(2)27-6-4-5-7-28(27)34(24-11-15-26(36)16-12-24)38-32(39)19-17-29-30-20-22(3)8-18-31(30)37-33(29)23-9-13-25(35)14-10-23/h4-16,18,20-21,34,37H,17,19H2,1-3H3,(H,38,39). The number of hydrogen-bond donors (Lipinski definition) is 2. The fraction of sp³-hybridized carbons (Fsp3) is 0.206. The van der Waals surface area contributed by atoms with Crippen LogP contribution in [0.1, 0.15) is 60.0 Å². The number of halogens is 2. The van der Waals surface area contributed by atoms with E-state index in [1.165, 1.54) is 16.5 Å². The number of hydrogen-bond acceptors (Lipinski definition) is 1. The van der Waals surface area contributed by atoms with E-state index >= 15 is 0 Å². The molecule has 0 radical (unpaired) electrons. The van der Waals surface area contributed by atoms with Gasteiger partial charge in [-0.2, -0.15) is 0 Å². The minimum atomic E-state index is -0.260. The van der Waals surface area contributed by atoms with Crippen LogP contribution in [0.25, 0.3) is 22.2 Å². The average molecular weight is 600 g/mol. The van der Waals surface area contributed by atoms with Gasteiger partial charge in [0.25, 0.3) is 0 Å². The van der Waals surface area contributed by atoms with Crippen LogP contribution in [0.4, 0.5) is 0 Å². The predicted molar refractivity (Wildman–Crippen MR) is 166 cm³/mol. The molecule has 1 amide bonds. The maximum Gasteiger partial charge on any atom is 0.221 e. The number of H-pyrrole nitrogens is 1. The lowest BCUT2D eigenvalue weighted by atomic mass is 9.89. The van der Waals surface area contributed by atoms with Crippen molar-refractivity contribution in [3.63, 3.8) is 0 Å². The molecule has 0 aliphatic heterocycles. The van der Waals surface area contributed by atoms with E-state index in [1.807, 2.05) is 42.5 Å². The number of amides is 1. The second kappa shape index (κ2) is 11.8. The summed E-state index contributed by atoms with van der Waals surface area (Å²) in [5.41, 5.74) is 8.96. The molecule has 0 aliphatic rings. The van der Waals surface area contributed by atoms with Gasteiger partial charge in [0, 0.05) is 32.5 Å². The third kappa shape index (κ3) is 6.13. The number of aromatic nitrogens is 1. The summed E-state index contributed by atoms with van der Waals surface area (Å²) >= 11 is 9.74. The zero-order valence-electron chi connectivity index (χ0n) is 22.4. The molecule has 2 N–H and O–H groups in total. The molecule has 0 aliphatic carbocycles. The van der Waals surface area contributed by atoms with E-state index in [2.05, 4.69) is 95.5 Å². The molecule has 0 saturated heterocycles. The molecule has 5 rings (SSSR count). The van der Waals surface area contributed by atoms with Crippen molar-refractivity contribution in [3.8, 4) is 11.3 Å². The Balaban J connectivity index is 1.46. The summed E-state index contributed by atoms with van der Waals surface area (Å²) in [6, 6.07) is 30.6. The Kier molecular flexibility index (Phi) is 8.25. The lowest BCUT2D eigenvalue weighted by Crippen LogP contribution is -2.30. The lowest BCUT2D eigenvalue weighted by molar-refractivity contribution is -0.121. The molecule has 0 saturated carbocycles. The molecule has 1 aromatic heterocycles. The molecule has 1 atom stereocenters. The largest absolute Gasteiger partial charge is 0.354 e. The SMILES string of the molecule is Cc1ccc2[nH]c(-c3ccc(Br)cc3)c(CCC(=O)NC(c3ccc(Cl)cc3)c3ccccc3C(C)C)c2c1. The normalized spacial score (nSPS) is 12.2. The topological polar surface area (TPSA) is 44.9 Å². The van der Waals surface area contributed by atoms with E-state index < -0.39 is 0 Å². The lowest BCUT2D eigenvalue weighted by Gasteiger charge is -2.24. The summed E-state index contributed by atoms with van der Waals surface area (Å²) in [5.74, 6) is 0.341. The average Bonchev–Trinajstić information content (AvgIpc) is 3.29. The van der Waals surface area contributed by atoms with Crippen LogP contribution >= 0.6 is 27.5 Å². The number of nitrogens with one attached hydrogen (secondary N) is 2. The van der Waals surface area contributed by atoms with Crippen LogP contribution in [-0.2, 0) is 11.2 Å². The van der Waals surface area contributed by atoms with Crippen LogP contribution in [0.15, 0.2) is 95.5 Å². The summed E-state index contributed by atoms with van der Waals surface area (Å²) in [6.45, 7) is 6.47. The Morgan fingerprint density at radius 3 is 2.31 bits per heavy atom. The van der Waals surface area contributed by atoms with Crippen molar-refractivity contribution >= 4 is 44.3 Å². The summed E-state index contributed by atoms with van der Waals surface area (Å²) in [6.07, 6.45) is 0.998.